The van der Waals surface area contributed by atoms with Crippen molar-refractivity contribution in [3.05, 3.63) is 12.7 Å². The number of nitrogens with zero attached hydrogens (tertiary/aromatic N) is 1. The van der Waals surface area contributed by atoms with Gasteiger partial charge < -0.3 is 8.99 Å². The molecule has 1 rings (SSSR count). The van der Waals surface area contributed by atoms with Crippen molar-refractivity contribution in [1.82, 2.24) is 4.57 Å². The van der Waals surface area contributed by atoms with Crippen molar-refractivity contribution < 1.29 is 9.22 Å². The van der Waals surface area contributed by atoms with Gasteiger partial charge in [-0.1, -0.05) is 6.58 Å². The van der Waals surface area contributed by atoms with Crippen LogP contribution >= 0.6 is 0 Å². The van der Waals surface area contributed by atoms with Crippen LogP contribution < -0.4 is 0 Å². The van der Waals surface area contributed by atoms with Gasteiger partial charge in [0.15, 0.2) is 0 Å². The van der Waals surface area contributed by atoms with Crippen LogP contribution in [0.4, 0.5) is 0 Å². The highest BCUT2D eigenvalue weighted by Gasteiger charge is 2.42. The average Bonchev–Trinajstić information content (AvgIpc) is 2.47. The lowest BCUT2D eigenvalue weighted by molar-refractivity contribution is -0.122. The molecular formula is C8H15NO2Si. The van der Waals surface area contributed by atoms with Crippen LogP contribution in [-0.4, -0.2) is 32.6 Å². The monoisotopic (exact) mass is 185 g/mol. The summed E-state index contributed by atoms with van der Waals surface area (Å²) in [5.74, 6) is 0.0171. The second kappa shape index (κ2) is 3.41. The van der Waals surface area contributed by atoms with Crippen LogP contribution in [0.15, 0.2) is 12.7 Å². The van der Waals surface area contributed by atoms with E-state index in [1.54, 1.807) is 7.11 Å². The molecule has 1 aliphatic rings. The first-order chi connectivity index (χ1) is 5.64. The van der Waals surface area contributed by atoms with E-state index in [-0.39, 0.29) is 5.91 Å². The van der Waals surface area contributed by atoms with Gasteiger partial charge in [-0.15, -0.1) is 0 Å². The van der Waals surface area contributed by atoms with Gasteiger partial charge >= 0.3 is 0 Å². The predicted octanol–water partition coefficient (Wildman–Crippen LogP) is 1.12. The molecule has 1 unspecified atom stereocenters. The van der Waals surface area contributed by atoms with Gasteiger partial charge in [0.25, 0.3) is 8.48 Å². The minimum absolute atomic E-state index is 0.0171. The topological polar surface area (TPSA) is 29.5 Å². The van der Waals surface area contributed by atoms with Crippen LogP contribution in [0.3, 0.4) is 0 Å². The molecule has 4 heteroatoms. The standard InChI is InChI=1S/C8H15NO2Si/c1-4-8(10)9-6-5-7-12(9,3)11-2/h4H,1,5-7H2,2-3H3. The van der Waals surface area contributed by atoms with Crippen molar-refractivity contribution in [2.75, 3.05) is 13.7 Å². The molecule has 0 aromatic carbocycles. The van der Waals surface area contributed by atoms with E-state index in [0.29, 0.717) is 0 Å². The van der Waals surface area contributed by atoms with E-state index >= 15 is 0 Å². The molecule has 0 N–H and O–H groups in total. The first-order valence-electron chi connectivity index (χ1n) is 4.13. The summed E-state index contributed by atoms with van der Waals surface area (Å²) in [5, 5.41) is 0. The molecular weight excluding hydrogens is 170 g/mol. The summed E-state index contributed by atoms with van der Waals surface area (Å²) in [7, 11) is -0.166. The molecule has 1 atom stereocenters. The summed E-state index contributed by atoms with van der Waals surface area (Å²) in [4.78, 5) is 11.4. The van der Waals surface area contributed by atoms with Crippen LogP contribution in [0.1, 0.15) is 6.42 Å². The van der Waals surface area contributed by atoms with Gasteiger partial charge in [0, 0.05) is 13.7 Å². The summed E-state index contributed by atoms with van der Waals surface area (Å²) in [6, 6.07) is 1.04. The van der Waals surface area contributed by atoms with E-state index in [2.05, 4.69) is 13.1 Å². The molecule has 0 spiro atoms. The molecule has 1 amide bonds. The SMILES string of the molecule is C=CC(=O)N1CCC[Si]1(C)OC. The summed E-state index contributed by atoms with van der Waals surface area (Å²) >= 11 is 0. The Labute approximate surface area is 74.2 Å². The lowest BCUT2D eigenvalue weighted by Crippen LogP contribution is -2.50. The Morgan fingerprint density at radius 1 is 1.75 bits per heavy atom. The fraction of sp³-hybridized carbons (Fsp3) is 0.625. The zero-order chi connectivity index (χ0) is 9.19. The van der Waals surface area contributed by atoms with E-state index in [0.717, 1.165) is 19.0 Å². The number of rotatable bonds is 2. The van der Waals surface area contributed by atoms with E-state index in [9.17, 15) is 4.79 Å². The van der Waals surface area contributed by atoms with Crippen LogP contribution in [0, 0.1) is 0 Å². The van der Waals surface area contributed by atoms with Crippen molar-refractivity contribution in [3.63, 3.8) is 0 Å². The maximum absolute atomic E-state index is 11.4. The Kier molecular flexibility index (Phi) is 2.69. The minimum Gasteiger partial charge on any atom is -0.402 e. The molecule has 1 saturated heterocycles. The second-order valence-corrected chi connectivity index (χ2v) is 6.97. The number of hydrogen-bond donors (Lipinski definition) is 0. The third kappa shape index (κ3) is 1.44. The van der Waals surface area contributed by atoms with Gasteiger partial charge in [-0.2, -0.15) is 0 Å². The summed E-state index contributed by atoms with van der Waals surface area (Å²) in [6.45, 7) is 6.39. The normalized spacial score (nSPS) is 29.0. The van der Waals surface area contributed by atoms with E-state index in [1.807, 2.05) is 4.57 Å². The van der Waals surface area contributed by atoms with E-state index < -0.39 is 8.48 Å². The van der Waals surface area contributed by atoms with Gasteiger partial charge in [0.05, 0.1) is 0 Å². The number of carbonyl (C=O) groups excluding carboxylic acids is 1. The minimum atomic E-state index is -1.86. The number of amides is 1. The zero-order valence-corrected chi connectivity index (χ0v) is 8.67. The quantitative estimate of drug-likeness (QED) is 0.476. The summed E-state index contributed by atoms with van der Waals surface area (Å²) in [5.41, 5.74) is 0. The zero-order valence-electron chi connectivity index (χ0n) is 7.67. The lowest BCUT2D eigenvalue weighted by Gasteiger charge is -2.30. The molecule has 0 radical (unpaired) electrons. The molecule has 0 aromatic heterocycles. The Hall–Kier alpha value is -0.613. The molecule has 12 heavy (non-hydrogen) atoms. The second-order valence-electron chi connectivity index (χ2n) is 3.18. The first-order valence-corrected chi connectivity index (χ1v) is 6.69. The highest BCUT2D eigenvalue weighted by Crippen LogP contribution is 2.26. The molecule has 1 fully saturated rings. The molecule has 1 heterocycles. The number of carbonyl (C=O) groups is 1. The van der Waals surface area contributed by atoms with Crippen molar-refractivity contribution in [2.24, 2.45) is 0 Å². The summed E-state index contributed by atoms with van der Waals surface area (Å²) in [6.07, 6.45) is 2.44. The van der Waals surface area contributed by atoms with Gasteiger partial charge in [-0.3, -0.25) is 4.79 Å². The van der Waals surface area contributed by atoms with Gasteiger partial charge in [-0.05, 0) is 25.1 Å². The van der Waals surface area contributed by atoms with Crippen molar-refractivity contribution in [2.45, 2.75) is 19.0 Å². The maximum Gasteiger partial charge on any atom is 0.299 e. The molecule has 0 bridgehead atoms. The molecule has 0 saturated carbocycles. The number of hydrogen-bond acceptors (Lipinski definition) is 2. The Morgan fingerprint density at radius 3 is 2.92 bits per heavy atom. The van der Waals surface area contributed by atoms with Crippen molar-refractivity contribution in [1.29, 1.82) is 0 Å². The molecule has 0 aromatic rings. The highest BCUT2D eigenvalue weighted by molar-refractivity contribution is 6.72. The van der Waals surface area contributed by atoms with Gasteiger partial charge in [0.2, 0.25) is 5.91 Å². The fourth-order valence-corrected chi connectivity index (χ4v) is 4.30. The first kappa shape index (κ1) is 9.47. The maximum atomic E-state index is 11.4. The highest BCUT2D eigenvalue weighted by atomic mass is 28.4. The fourth-order valence-electron chi connectivity index (χ4n) is 1.60. The van der Waals surface area contributed by atoms with Gasteiger partial charge in [0.1, 0.15) is 0 Å². The summed E-state index contributed by atoms with van der Waals surface area (Å²) < 4.78 is 7.29. The Morgan fingerprint density at radius 2 is 2.42 bits per heavy atom. The van der Waals surface area contributed by atoms with Crippen molar-refractivity contribution in [3.8, 4) is 0 Å². The predicted molar refractivity (Wildman–Crippen MR) is 50.0 cm³/mol. The Balaban J connectivity index is 2.76. The molecule has 0 aliphatic carbocycles. The average molecular weight is 185 g/mol. The van der Waals surface area contributed by atoms with E-state index in [4.69, 9.17) is 4.43 Å². The van der Waals surface area contributed by atoms with Crippen molar-refractivity contribution >= 4 is 14.4 Å². The third-order valence-electron chi connectivity index (χ3n) is 2.47. The lowest BCUT2D eigenvalue weighted by atomic mass is 10.4. The Bertz CT molecular complexity index is 207. The van der Waals surface area contributed by atoms with Crippen LogP contribution in [0.5, 0.6) is 0 Å². The van der Waals surface area contributed by atoms with Crippen LogP contribution in [0.25, 0.3) is 0 Å². The molecule has 68 valence electrons. The van der Waals surface area contributed by atoms with Gasteiger partial charge in [-0.25, -0.2) is 0 Å². The van der Waals surface area contributed by atoms with Crippen LogP contribution in [0.2, 0.25) is 12.6 Å². The smallest absolute Gasteiger partial charge is 0.299 e. The third-order valence-corrected chi connectivity index (χ3v) is 6.22. The molecule has 1 aliphatic heterocycles. The van der Waals surface area contributed by atoms with E-state index in [1.165, 1.54) is 6.08 Å². The van der Waals surface area contributed by atoms with Crippen LogP contribution in [-0.2, 0) is 9.22 Å². The molecule has 3 nitrogen and oxygen atoms in total. The largest absolute Gasteiger partial charge is 0.402 e.